The van der Waals surface area contributed by atoms with E-state index in [1.54, 1.807) is 57.4 Å². The van der Waals surface area contributed by atoms with E-state index in [1.807, 2.05) is 45.2 Å². The maximum Gasteiger partial charge on any atom is 0.259 e. The number of benzene rings is 5. The molecule has 67 heavy (non-hydrogen) atoms. The van der Waals surface area contributed by atoms with Crippen molar-refractivity contribution in [2.24, 2.45) is 19.8 Å². The van der Waals surface area contributed by atoms with Gasteiger partial charge in [-0.2, -0.15) is 0 Å². The van der Waals surface area contributed by atoms with E-state index in [1.165, 1.54) is 67.2 Å². The third kappa shape index (κ3) is 12.1. The first kappa shape index (κ1) is 49.6. The number of primary amides is 1. The minimum Gasteiger partial charge on any atom is -0.497 e. The first-order chi connectivity index (χ1) is 31.8. The summed E-state index contributed by atoms with van der Waals surface area (Å²) in [5.74, 6) is -3.12. The van der Waals surface area contributed by atoms with E-state index in [9.17, 15) is 36.7 Å². The van der Waals surface area contributed by atoms with Crippen molar-refractivity contribution < 1.29 is 41.4 Å². The molecule has 346 valence electrons. The van der Waals surface area contributed by atoms with E-state index >= 15 is 0 Å². The molecule has 0 saturated heterocycles. The molecule has 2 aromatic heterocycles. The first-order valence-corrected chi connectivity index (χ1v) is 22.0. The monoisotopic (exact) mass is 1140 g/mol. The Kier molecular flexibility index (Phi) is 16.0. The van der Waals surface area contributed by atoms with Gasteiger partial charge in [-0.05, 0) is 136 Å². The number of rotatable bonds is 13. The lowest BCUT2D eigenvalue weighted by molar-refractivity contribution is 0.0947. The summed E-state index contributed by atoms with van der Waals surface area (Å²) in [5, 5.41) is 8.43. The van der Waals surface area contributed by atoms with Crippen molar-refractivity contribution in [3.8, 4) is 28.7 Å². The molecule has 5 aromatic carbocycles. The van der Waals surface area contributed by atoms with Crippen LogP contribution >= 0.6 is 45.2 Å². The van der Waals surface area contributed by atoms with Gasteiger partial charge in [-0.3, -0.25) is 28.3 Å². The molecule has 2 amide bonds. The third-order valence-electron chi connectivity index (χ3n) is 10.0. The molecule has 5 N–H and O–H groups in total. The quantitative estimate of drug-likeness (QED) is 0.0649. The summed E-state index contributed by atoms with van der Waals surface area (Å²) < 4.78 is 77.0. The number of carbonyl (C=O) groups is 2. The molecule has 0 saturated carbocycles. The molecule has 0 unspecified atom stereocenters. The molecule has 19 heteroatoms. The molecule has 0 aliphatic carbocycles. The summed E-state index contributed by atoms with van der Waals surface area (Å²) in [6.07, 6.45) is 0. The predicted molar refractivity (Wildman–Crippen MR) is 263 cm³/mol. The number of aryl methyl sites for hydroxylation is 2. The normalized spacial score (nSPS) is 10.7. The second-order valence-electron chi connectivity index (χ2n) is 14.7. The van der Waals surface area contributed by atoms with Crippen LogP contribution in [-0.4, -0.2) is 28.1 Å². The van der Waals surface area contributed by atoms with Crippen LogP contribution in [0.5, 0.6) is 28.7 Å². The molecule has 0 aliphatic rings. The highest BCUT2D eigenvalue weighted by Gasteiger charge is 2.25. The lowest BCUT2D eigenvalue weighted by Gasteiger charge is -2.20. The Labute approximate surface area is 408 Å². The lowest BCUT2D eigenvalue weighted by atomic mass is 10.1. The molecular formula is C48H40F4I2N6O7. The number of halogens is 6. The standard InChI is InChI=1S/C28H24F2IN3O4.C20H16F2IN3O3/c1-16-4-7-18(29)12-23(16)38-24-14-25(35)34(2)27(33-22-11-8-19(31)13-21(22)30)26(24)28(36)32-15-17-5-9-20(37-3)10-6-17;1-10-3-4-11(21)7-15(10)29-16-9-17(27)26(2)20(18(16)19(24)28)25-14-6-5-12(23)8-13(14)22/h4-14,33H,15H2,1-3H3,(H,32,36);3-9,25H,1-2H3,(H2,24,28). The molecule has 2 heterocycles. The van der Waals surface area contributed by atoms with Crippen LogP contribution in [0.4, 0.5) is 40.6 Å². The Bertz CT molecular complexity index is 3150. The average Bonchev–Trinajstić information content (AvgIpc) is 3.28. The van der Waals surface area contributed by atoms with Crippen LogP contribution in [0.25, 0.3) is 0 Å². The van der Waals surface area contributed by atoms with E-state index in [2.05, 4.69) is 16.0 Å². The van der Waals surface area contributed by atoms with Gasteiger partial charge in [0.2, 0.25) is 0 Å². The van der Waals surface area contributed by atoms with E-state index in [-0.39, 0.29) is 63.7 Å². The Morgan fingerprint density at radius 2 is 1.06 bits per heavy atom. The van der Waals surface area contributed by atoms with Gasteiger partial charge in [-0.1, -0.05) is 24.3 Å². The molecule has 0 fully saturated rings. The molecule has 0 spiro atoms. The van der Waals surface area contributed by atoms with Gasteiger partial charge in [-0.15, -0.1) is 0 Å². The molecular weight excluding hydrogens is 1100 g/mol. The number of carbonyl (C=O) groups excluding carboxylic acids is 2. The Morgan fingerprint density at radius 3 is 1.49 bits per heavy atom. The fourth-order valence-corrected chi connectivity index (χ4v) is 7.22. The zero-order valence-electron chi connectivity index (χ0n) is 36.2. The van der Waals surface area contributed by atoms with Crippen LogP contribution in [0.15, 0.2) is 119 Å². The summed E-state index contributed by atoms with van der Waals surface area (Å²) >= 11 is 3.94. The smallest absolute Gasteiger partial charge is 0.259 e. The highest BCUT2D eigenvalue weighted by molar-refractivity contribution is 14.1. The topological polar surface area (TPSA) is 168 Å². The van der Waals surface area contributed by atoms with Crippen molar-refractivity contribution in [1.82, 2.24) is 14.5 Å². The average molecular weight is 1140 g/mol. The van der Waals surface area contributed by atoms with Gasteiger partial charge in [0.1, 0.15) is 74.8 Å². The largest absolute Gasteiger partial charge is 0.497 e. The van der Waals surface area contributed by atoms with Gasteiger partial charge in [0, 0.05) is 52.0 Å². The number of anilines is 4. The van der Waals surface area contributed by atoms with Crippen molar-refractivity contribution in [1.29, 1.82) is 0 Å². The number of hydrogen-bond acceptors (Lipinski definition) is 9. The summed E-state index contributed by atoms with van der Waals surface area (Å²) in [6.45, 7) is 3.54. The molecule has 0 bridgehead atoms. The van der Waals surface area contributed by atoms with Crippen molar-refractivity contribution in [3.63, 3.8) is 0 Å². The van der Waals surface area contributed by atoms with Crippen molar-refractivity contribution in [2.75, 3.05) is 17.7 Å². The van der Waals surface area contributed by atoms with Gasteiger partial charge in [0.25, 0.3) is 22.9 Å². The van der Waals surface area contributed by atoms with Gasteiger partial charge >= 0.3 is 0 Å². The number of nitrogens with two attached hydrogens (primary N) is 1. The number of nitrogens with zero attached hydrogens (tertiary/aromatic N) is 2. The maximum absolute atomic E-state index is 14.7. The van der Waals surface area contributed by atoms with Gasteiger partial charge in [0.15, 0.2) is 0 Å². The summed E-state index contributed by atoms with van der Waals surface area (Å²) in [4.78, 5) is 51.1. The number of aromatic nitrogens is 2. The van der Waals surface area contributed by atoms with Crippen LogP contribution in [0.2, 0.25) is 0 Å². The van der Waals surface area contributed by atoms with E-state index in [4.69, 9.17) is 19.9 Å². The van der Waals surface area contributed by atoms with Crippen molar-refractivity contribution >= 4 is 80.0 Å². The number of pyridine rings is 2. The SMILES string of the molecule is COc1ccc(CNC(=O)c2c(Oc3cc(F)ccc3C)cc(=O)n(C)c2Nc2ccc(I)cc2F)cc1.Cc1ccc(F)cc1Oc1cc(=O)n(C)c(Nc2ccc(I)cc2F)c1C(N)=O. The second-order valence-corrected chi connectivity index (χ2v) is 17.2. The molecule has 7 rings (SSSR count). The number of ether oxygens (including phenoxy) is 3. The van der Waals surface area contributed by atoms with E-state index < -0.39 is 46.2 Å². The van der Waals surface area contributed by atoms with Crippen LogP contribution < -0.4 is 47.0 Å². The molecule has 13 nitrogen and oxygen atoms in total. The minimum absolute atomic E-state index is 0.00824. The van der Waals surface area contributed by atoms with Crippen LogP contribution in [0.3, 0.4) is 0 Å². The van der Waals surface area contributed by atoms with Crippen molar-refractivity contribution in [3.05, 3.63) is 188 Å². The Balaban J connectivity index is 0.000000229. The molecule has 7 aromatic rings. The number of amides is 2. The number of hydrogen-bond donors (Lipinski definition) is 4. The van der Waals surface area contributed by atoms with Crippen LogP contribution in [0, 0.1) is 44.3 Å². The second kappa shape index (κ2) is 21.6. The summed E-state index contributed by atoms with van der Waals surface area (Å²) in [6, 6.07) is 26.1. The van der Waals surface area contributed by atoms with Crippen LogP contribution in [-0.2, 0) is 20.6 Å². The molecule has 0 atom stereocenters. The number of nitrogens with one attached hydrogen (secondary N) is 3. The summed E-state index contributed by atoms with van der Waals surface area (Å²) in [7, 11) is 4.41. The molecule has 0 aliphatic heterocycles. The van der Waals surface area contributed by atoms with Crippen LogP contribution in [0.1, 0.15) is 37.4 Å². The summed E-state index contributed by atoms with van der Waals surface area (Å²) in [5.41, 5.74) is 6.32. The van der Waals surface area contributed by atoms with E-state index in [0.717, 1.165) is 34.4 Å². The lowest BCUT2D eigenvalue weighted by Crippen LogP contribution is -2.29. The molecule has 0 radical (unpaired) electrons. The maximum atomic E-state index is 14.7. The zero-order chi connectivity index (χ0) is 48.7. The van der Waals surface area contributed by atoms with Gasteiger partial charge in [0.05, 0.1) is 18.5 Å². The number of methoxy groups -OCH3 is 1. The Hall–Kier alpha value is -6.88. The van der Waals surface area contributed by atoms with E-state index in [0.29, 0.717) is 24.0 Å². The predicted octanol–water partition coefficient (Wildman–Crippen LogP) is 10.3. The van der Waals surface area contributed by atoms with Gasteiger partial charge < -0.3 is 35.9 Å². The highest BCUT2D eigenvalue weighted by Crippen LogP contribution is 2.35. The first-order valence-electron chi connectivity index (χ1n) is 19.8. The fourth-order valence-electron chi connectivity index (χ4n) is 6.32. The zero-order valence-corrected chi connectivity index (χ0v) is 40.5. The Morgan fingerprint density at radius 1 is 0.612 bits per heavy atom. The fraction of sp³-hybridized carbons (Fsp3) is 0.125. The highest BCUT2D eigenvalue weighted by atomic mass is 127. The third-order valence-corrected chi connectivity index (χ3v) is 11.3. The van der Waals surface area contributed by atoms with Crippen molar-refractivity contribution in [2.45, 2.75) is 20.4 Å². The van der Waals surface area contributed by atoms with Gasteiger partial charge in [-0.25, -0.2) is 17.6 Å². The minimum atomic E-state index is -0.905.